The number of nitrogens with one attached hydrogen (secondary N) is 1. The lowest BCUT2D eigenvalue weighted by Gasteiger charge is -2.07. The van der Waals surface area contributed by atoms with Crippen LogP contribution in [0.5, 0.6) is 0 Å². The van der Waals surface area contributed by atoms with Crippen LogP contribution in [0.4, 0.5) is 5.69 Å². The Bertz CT molecular complexity index is 414. The second-order valence-corrected chi connectivity index (χ2v) is 5.46. The maximum Gasteiger partial charge on any atom is 0.268 e. The van der Waals surface area contributed by atoms with E-state index in [4.69, 9.17) is 0 Å². The zero-order valence-electron chi connectivity index (χ0n) is 10.2. The molecular formula is C12H19N3OS. The van der Waals surface area contributed by atoms with Crippen molar-refractivity contribution in [3.8, 4) is 0 Å². The molecule has 0 bridgehead atoms. The zero-order chi connectivity index (χ0) is 12.1. The van der Waals surface area contributed by atoms with Crippen LogP contribution < -0.4 is 10.9 Å². The first kappa shape index (κ1) is 12.5. The molecule has 5 heteroatoms. The first-order chi connectivity index (χ1) is 8.29. The normalized spacial score (nSPS) is 14.9. The van der Waals surface area contributed by atoms with E-state index in [0.29, 0.717) is 6.54 Å². The Morgan fingerprint density at radius 3 is 3.06 bits per heavy atom. The van der Waals surface area contributed by atoms with Crippen LogP contribution in [-0.4, -0.2) is 28.3 Å². The highest BCUT2D eigenvalue weighted by molar-refractivity contribution is 7.98. The molecule has 0 atom stereocenters. The summed E-state index contributed by atoms with van der Waals surface area (Å²) in [6, 6.07) is 1.65. The van der Waals surface area contributed by atoms with Crippen LogP contribution in [0.25, 0.3) is 0 Å². The zero-order valence-corrected chi connectivity index (χ0v) is 11.0. The van der Waals surface area contributed by atoms with E-state index < -0.39 is 0 Å². The third-order valence-corrected chi connectivity index (χ3v) is 3.58. The molecule has 0 amide bonds. The summed E-state index contributed by atoms with van der Waals surface area (Å²) in [4.78, 5) is 11.7. The van der Waals surface area contributed by atoms with Crippen molar-refractivity contribution in [2.45, 2.75) is 25.8 Å². The Labute approximate surface area is 106 Å². The number of thioether (sulfide) groups is 1. The number of aryl methyl sites for hydroxylation is 1. The molecule has 1 fully saturated rings. The Balaban J connectivity index is 1.88. The summed E-state index contributed by atoms with van der Waals surface area (Å²) in [7, 11) is 0. The summed E-state index contributed by atoms with van der Waals surface area (Å²) in [5.41, 5.74) is 0.843. The number of rotatable bonds is 7. The second-order valence-electron chi connectivity index (χ2n) is 4.48. The van der Waals surface area contributed by atoms with Crippen molar-refractivity contribution >= 4 is 17.4 Å². The largest absolute Gasteiger partial charge is 0.383 e. The number of nitrogens with zero attached hydrogens (tertiary/aromatic N) is 2. The van der Waals surface area contributed by atoms with E-state index >= 15 is 0 Å². The lowest BCUT2D eigenvalue weighted by molar-refractivity contribution is 0.571. The van der Waals surface area contributed by atoms with E-state index in [-0.39, 0.29) is 5.56 Å². The molecule has 0 saturated heterocycles. The minimum absolute atomic E-state index is 0.00750. The highest BCUT2D eigenvalue weighted by Gasteiger charge is 2.20. The molecule has 0 radical (unpaired) electrons. The van der Waals surface area contributed by atoms with Gasteiger partial charge < -0.3 is 5.32 Å². The molecule has 0 aliphatic heterocycles. The van der Waals surface area contributed by atoms with Gasteiger partial charge in [-0.3, -0.25) is 4.79 Å². The summed E-state index contributed by atoms with van der Waals surface area (Å²) in [6.45, 7) is 1.68. The minimum Gasteiger partial charge on any atom is -0.383 e. The van der Waals surface area contributed by atoms with Gasteiger partial charge in [0, 0.05) is 19.2 Å². The Kier molecular flexibility index (Phi) is 4.48. The molecule has 1 aromatic heterocycles. The van der Waals surface area contributed by atoms with Crippen molar-refractivity contribution in [2.24, 2.45) is 5.92 Å². The maximum absolute atomic E-state index is 11.7. The fourth-order valence-electron chi connectivity index (χ4n) is 1.64. The SMILES string of the molecule is CSCCCn1ncc(NCC2CC2)cc1=O. The minimum atomic E-state index is -0.00750. The van der Waals surface area contributed by atoms with Crippen LogP contribution in [0.3, 0.4) is 0 Å². The molecular weight excluding hydrogens is 234 g/mol. The van der Waals surface area contributed by atoms with E-state index in [2.05, 4.69) is 16.7 Å². The number of hydrogen-bond donors (Lipinski definition) is 1. The monoisotopic (exact) mass is 253 g/mol. The Hall–Kier alpha value is -0.970. The van der Waals surface area contributed by atoms with Crippen molar-refractivity contribution in [3.63, 3.8) is 0 Å². The molecule has 1 heterocycles. The van der Waals surface area contributed by atoms with Crippen molar-refractivity contribution in [1.29, 1.82) is 0 Å². The third-order valence-electron chi connectivity index (χ3n) is 2.88. The average molecular weight is 253 g/mol. The van der Waals surface area contributed by atoms with E-state index in [9.17, 15) is 4.79 Å². The molecule has 94 valence electrons. The van der Waals surface area contributed by atoms with Gasteiger partial charge in [-0.1, -0.05) is 0 Å². The highest BCUT2D eigenvalue weighted by Crippen LogP contribution is 2.28. The topological polar surface area (TPSA) is 46.9 Å². The molecule has 1 N–H and O–H groups in total. The van der Waals surface area contributed by atoms with E-state index in [0.717, 1.165) is 30.3 Å². The van der Waals surface area contributed by atoms with Gasteiger partial charge in [0.05, 0.1) is 11.9 Å². The van der Waals surface area contributed by atoms with Crippen LogP contribution in [0.2, 0.25) is 0 Å². The first-order valence-electron chi connectivity index (χ1n) is 6.09. The average Bonchev–Trinajstić information content (AvgIpc) is 3.13. The lowest BCUT2D eigenvalue weighted by Crippen LogP contribution is -2.23. The molecule has 0 spiro atoms. The van der Waals surface area contributed by atoms with Gasteiger partial charge in [-0.25, -0.2) is 4.68 Å². The summed E-state index contributed by atoms with van der Waals surface area (Å²) < 4.78 is 1.54. The molecule has 4 nitrogen and oxygen atoms in total. The predicted molar refractivity (Wildman–Crippen MR) is 72.7 cm³/mol. The summed E-state index contributed by atoms with van der Waals surface area (Å²) in [5, 5.41) is 7.44. The summed E-state index contributed by atoms with van der Waals surface area (Å²) in [6.07, 6.45) is 7.44. The van der Waals surface area contributed by atoms with Gasteiger partial charge in [-0.2, -0.15) is 16.9 Å². The fraction of sp³-hybridized carbons (Fsp3) is 0.667. The molecule has 0 unspecified atom stereocenters. The third kappa shape index (κ3) is 4.07. The smallest absolute Gasteiger partial charge is 0.268 e. The first-order valence-corrected chi connectivity index (χ1v) is 7.49. The highest BCUT2D eigenvalue weighted by atomic mass is 32.2. The van der Waals surface area contributed by atoms with Crippen LogP contribution in [0, 0.1) is 5.92 Å². The number of aromatic nitrogens is 2. The number of hydrogen-bond acceptors (Lipinski definition) is 4. The van der Waals surface area contributed by atoms with Crippen molar-refractivity contribution < 1.29 is 0 Å². The Morgan fingerprint density at radius 1 is 1.59 bits per heavy atom. The maximum atomic E-state index is 11.7. The van der Waals surface area contributed by atoms with Gasteiger partial charge in [0.1, 0.15) is 0 Å². The van der Waals surface area contributed by atoms with Crippen molar-refractivity contribution in [3.05, 3.63) is 22.6 Å². The molecule has 0 aromatic carbocycles. The van der Waals surface area contributed by atoms with Gasteiger partial charge in [0.2, 0.25) is 0 Å². The Morgan fingerprint density at radius 2 is 2.41 bits per heavy atom. The van der Waals surface area contributed by atoms with Gasteiger partial charge in [-0.05, 0) is 37.2 Å². The molecule has 1 aliphatic carbocycles. The second kappa shape index (κ2) is 6.10. The fourth-order valence-corrected chi connectivity index (χ4v) is 2.06. The molecule has 17 heavy (non-hydrogen) atoms. The lowest BCUT2D eigenvalue weighted by atomic mass is 10.4. The van der Waals surface area contributed by atoms with Gasteiger partial charge in [0.25, 0.3) is 5.56 Å². The molecule has 1 aliphatic rings. The van der Waals surface area contributed by atoms with E-state index in [1.807, 2.05) is 0 Å². The van der Waals surface area contributed by atoms with Crippen molar-refractivity contribution in [1.82, 2.24) is 9.78 Å². The number of anilines is 1. The van der Waals surface area contributed by atoms with Crippen molar-refractivity contribution in [2.75, 3.05) is 23.9 Å². The predicted octanol–water partition coefficient (Wildman–Crippen LogP) is 1.82. The van der Waals surface area contributed by atoms with Gasteiger partial charge in [0.15, 0.2) is 0 Å². The van der Waals surface area contributed by atoms with Gasteiger partial charge >= 0.3 is 0 Å². The van der Waals surface area contributed by atoms with Crippen LogP contribution >= 0.6 is 11.8 Å². The molecule has 2 rings (SSSR count). The van der Waals surface area contributed by atoms with E-state index in [1.165, 1.54) is 12.8 Å². The van der Waals surface area contributed by atoms with Crippen LogP contribution in [-0.2, 0) is 6.54 Å². The van der Waals surface area contributed by atoms with Crippen LogP contribution in [0.1, 0.15) is 19.3 Å². The molecule has 1 saturated carbocycles. The summed E-state index contributed by atoms with van der Waals surface area (Å²) in [5.74, 6) is 1.87. The van der Waals surface area contributed by atoms with Gasteiger partial charge in [-0.15, -0.1) is 0 Å². The molecule has 1 aromatic rings. The summed E-state index contributed by atoms with van der Waals surface area (Å²) >= 11 is 1.79. The standard InChI is InChI=1S/C12H19N3OS/c1-17-6-2-5-15-12(16)7-11(9-14-15)13-8-10-3-4-10/h7,9-10,13H,2-6,8H2,1H3. The van der Waals surface area contributed by atoms with E-state index in [1.54, 1.807) is 28.7 Å². The van der Waals surface area contributed by atoms with Crippen LogP contribution in [0.15, 0.2) is 17.1 Å². The quantitative estimate of drug-likeness (QED) is 0.753.